The van der Waals surface area contributed by atoms with E-state index >= 15 is 0 Å². The van der Waals surface area contributed by atoms with Gasteiger partial charge in [0.25, 0.3) is 0 Å². The first-order valence-electron chi connectivity index (χ1n) is 6.22. The van der Waals surface area contributed by atoms with Gasteiger partial charge in [-0.15, -0.1) is 0 Å². The van der Waals surface area contributed by atoms with Crippen molar-refractivity contribution in [3.8, 4) is 0 Å². The number of carbonyl (C=O) groups excluding carboxylic acids is 1. The Morgan fingerprint density at radius 3 is 2.41 bits per heavy atom. The third-order valence-electron chi connectivity index (χ3n) is 3.41. The molecule has 1 saturated carbocycles. The molecule has 0 aromatic heterocycles. The van der Waals surface area contributed by atoms with E-state index < -0.39 is 5.97 Å². The summed E-state index contributed by atoms with van der Waals surface area (Å²) in [6.45, 7) is 3.15. The number of nitrogens with zero attached hydrogens (tertiary/aromatic N) is 1. The number of rotatable bonds is 6. The van der Waals surface area contributed by atoms with Gasteiger partial charge in [-0.25, -0.2) is 0 Å². The Kier molecular flexibility index (Phi) is 5.41. The zero-order chi connectivity index (χ0) is 12.8. The molecular formula is C12H21NO4. The minimum atomic E-state index is -0.793. The van der Waals surface area contributed by atoms with Crippen molar-refractivity contribution in [3.05, 3.63) is 0 Å². The van der Waals surface area contributed by atoms with E-state index in [9.17, 15) is 9.59 Å². The predicted octanol–water partition coefficient (Wildman–Crippen LogP) is 0.718. The summed E-state index contributed by atoms with van der Waals surface area (Å²) in [6, 6.07) is 0. The highest BCUT2D eigenvalue weighted by Gasteiger charge is 2.35. The lowest BCUT2D eigenvalue weighted by Crippen LogP contribution is -2.36. The molecule has 0 unspecified atom stereocenters. The lowest BCUT2D eigenvalue weighted by molar-refractivity contribution is -0.141. The molecule has 0 heterocycles. The summed E-state index contributed by atoms with van der Waals surface area (Å²) >= 11 is 0. The maximum absolute atomic E-state index is 12.1. The van der Waals surface area contributed by atoms with Crippen LogP contribution in [0.4, 0.5) is 0 Å². The van der Waals surface area contributed by atoms with Gasteiger partial charge in [0, 0.05) is 25.6 Å². The molecule has 5 heteroatoms. The number of carboxylic acid groups (broad SMARTS) is 1. The van der Waals surface area contributed by atoms with Crippen LogP contribution in [0.2, 0.25) is 0 Å². The van der Waals surface area contributed by atoms with Crippen molar-refractivity contribution >= 4 is 11.9 Å². The first-order valence-corrected chi connectivity index (χ1v) is 6.22. The van der Waals surface area contributed by atoms with Crippen molar-refractivity contribution < 1.29 is 19.8 Å². The molecule has 5 nitrogen and oxygen atoms in total. The fourth-order valence-electron chi connectivity index (χ4n) is 2.37. The van der Waals surface area contributed by atoms with Crippen LogP contribution in [-0.2, 0) is 9.59 Å². The molecule has 2 atom stereocenters. The molecule has 98 valence electrons. The van der Waals surface area contributed by atoms with Crippen LogP contribution in [0.25, 0.3) is 0 Å². The SMILES string of the molecule is CCN(CCCO)C(=O)[C@@H]1CC[C@H](C(=O)O)C1. The normalized spacial score (nSPS) is 23.6. The Hall–Kier alpha value is -1.10. The molecule has 1 rings (SSSR count). The molecule has 17 heavy (non-hydrogen) atoms. The summed E-state index contributed by atoms with van der Waals surface area (Å²) in [4.78, 5) is 24.6. The summed E-state index contributed by atoms with van der Waals surface area (Å²) in [7, 11) is 0. The topological polar surface area (TPSA) is 77.8 Å². The fraction of sp³-hybridized carbons (Fsp3) is 0.833. The third kappa shape index (κ3) is 3.70. The monoisotopic (exact) mass is 243 g/mol. The molecule has 0 radical (unpaired) electrons. The Morgan fingerprint density at radius 1 is 1.29 bits per heavy atom. The van der Waals surface area contributed by atoms with E-state index in [4.69, 9.17) is 10.2 Å². The Labute approximate surface area is 101 Å². The number of carboxylic acids is 1. The van der Waals surface area contributed by atoms with Gasteiger partial charge in [-0.1, -0.05) is 0 Å². The van der Waals surface area contributed by atoms with Crippen LogP contribution in [0.15, 0.2) is 0 Å². The molecule has 2 N–H and O–H groups in total. The van der Waals surface area contributed by atoms with Crippen molar-refractivity contribution in [2.45, 2.75) is 32.6 Å². The standard InChI is InChI=1S/C12H21NO4/c1-2-13(6-3-7-14)11(15)9-4-5-10(8-9)12(16)17/h9-10,14H,2-8H2,1H3,(H,16,17)/t9-,10+/m1/s1. The van der Waals surface area contributed by atoms with E-state index in [1.54, 1.807) is 4.90 Å². The van der Waals surface area contributed by atoms with Crippen LogP contribution < -0.4 is 0 Å². The van der Waals surface area contributed by atoms with E-state index in [-0.39, 0.29) is 24.3 Å². The van der Waals surface area contributed by atoms with Crippen molar-refractivity contribution in [2.75, 3.05) is 19.7 Å². The predicted molar refractivity (Wildman–Crippen MR) is 62.4 cm³/mol. The average molecular weight is 243 g/mol. The Bertz CT molecular complexity index is 280. The van der Waals surface area contributed by atoms with Gasteiger partial charge in [-0.05, 0) is 32.6 Å². The summed E-state index contributed by atoms with van der Waals surface area (Å²) in [6.07, 6.45) is 2.31. The van der Waals surface area contributed by atoms with Crippen LogP contribution in [0.5, 0.6) is 0 Å². The average Bonchev–Trinajstić information content (AvgIpc) is 2.79. The van der Waals surface area contributed by atoms with Crippen molar-refractivity contribution in [1.82, 2.24) is 4.90 Å². The minimum absolute atomic E-state index is 0.0460. The van der Waals surface area contributed by atoms with Crippen molar-refractivity contribution in [3.63, 3.8) is 0 Å². The van der Waals surface area contributed by atoms with Gasteiger partial charge in [0.15, 0.2) is 0 Å². The quantitative estimate of drug-likeness (QED) is 0.720. The van der Waals surface area contributed by atoms with Gasteiger partial charge in [-0.2, -0.15) is 0 Å². The van der Waals surface area contributed by atoms with Gasteiger partial charge in [0.05, 0.1) is 5.92 Å². The summed E-state index contributed by atoms with van der Waals surface area (Å²) in [5, 5.41) is 17.6. The third-order valence-corrected chi connectivity index (χ3v) is 3.41. The molecule has 1 fully saturated rings. The van der Waals surface area contributed by atoms with Gasteiger partial charge in [0.1, 0.15) is 0 Å². The number of aliphatic hydroxyl groups excluding tert-OH is 1. The molecule has 0 bridgehead atoms. The van der Waals surface area contributed by atoms with Gasteiger partial charge >= 0.3 is 5.97 Å². The highest BCUT2D eigenvalue weighted by Crippen LogP contribution is 2.32. The second-order valence-electron chi connectivity index (χ2n) is 4.54. The number of amides is 1. The largest absolute Gasteiger partial charge is 0.481 e. The first kappa shape index (κ1) is 14.0. The van der Waals surface area contributed by atoms with Crippen LogP contribution in [0, 0.1) is 11.8 Å². The van der Waals surface area contributed by atoms with Crippen LogP contribution >= 0.6 is 0 Å². The maximum atomic E-state index is 12.1. The Balaban J connectivity index is 2.49. The first-order chi connectivity index (χ1) is 8.10. The second kappa shape index (κ2) is 6.59. The molecule has 1 aliphatic carbocycles. The van der Waals surface area contributed by atoms with Crippen LogP contribution in [-0.4, -0.2) is 46.7 Å². The molecular weight excluding hydrogens is 222 g/mol. The van der Waals surface area contributed by atoms with E-state index in [1.807, 2.05) is 6.92 Å². The van der Waals surface area contributed by atoms with Crippen molar-refractivity contribution in [1.29, 1.82) is 0 Å². The molecule has 1 amide bonds. The summed E-state index contributed by atoms with van der Waals surface area (Å²) in [5.41, 5.74) is 0. The van der Waals surface area contributed by atoms with E-state index in [1.165, 1.54) is 0 Å². The molecule has 0 aromatic carbocycles. The molecule has 0 spiro atoms. The van der Waals surface area contributed by atoms with E-state index in [2.05, 4.69) is 0 Å². The number of aliphatic hydroxyl groups is 1. The van der Waals surface area contributed by atoms with Crippen LogP contribution in [0.1, 0.15) is 32.6 Å². The zero-order valence-electron chi connectivity index (χ0n) is 10.3. The second-order valence-corrected chi connectivity index (χ2v) is 4.54. The highest BCUT2D eigenvalue weighted by molar-refractivity contribution is 5.81. The van der Waals surface area contributed by atoms with Gasteiger partial charge in [-0.3, -0.25) is 9.59 Å². The zero-order valence-corrected chi connectivity index (χ0v) is 10.3. The molecule has 0 saturated heterocycles. The minimum Gasteiger partial charge on any atom is -0.481 e. The number of hydrogen-bond acceptors (Lipinski definition) is 3. The Morgan fingerprint density at radius 2 is 1.94 bits per heavy atom. The van der Waals surface area contributed by atoms with Crippen molar-refractivity contribution in [2.24, 2.45) is 11.8 Å². The fourth-order valence-corrected chi connectivity index (χ4v) is 2.37. The summed E-state index contributed by atoms with van der Waals surface area (Å²) < 4.78 is 0. The molecule has 1 aliphatic rings. The lowest BCUT2D eigenvalue weighted by atomic mass is 10.0. The smallest absolute Gasteiger partial charge is 0.306 e. The van der Waals surface area contributed by atoms with Crippen LogP contribution in [0.3, 0.4) is 0 Å². The van der Waals surface area contributed by atoms with Gasteiger partial charge < -0.3 is 15.1 Å². The molecule has 0 aromatic rings. The van der Waals surface area contributed by atoms with E-state index in [0.29, 0.717) is 38.8 Å². The number of hydrogen-bond donors (Lipinski definition) is 2. The highest BCUT2D eigenvalue weighted by atomic mass is 16.4. The summed E-state index contributed by atoms with van der Waals surface area (Å²) in [5.74, 6) is -1.25. The van der Waals surface area contributed by atoms with E-state index in [0.717, 1.165) is 0 Å². The lowest BCUT2D eigenvalue weighted by Gasteiger charge is -2.23. The number of carbonyl (C=O) groups is 2. The maximum Gasteiger partial charge on any atom is 0.306 e. The van der Waals surface area contributed by atoms with Gasteiger partial charge in [0.2, 0.25) is 5.91 Å². The number of aliphatic carboxylic acids is 1. The molecule has 0 aliphatic heterocycles.